The second-order valence-corrected chi connectivity index (χ2v) is 2.96. The molecule has 3 nitrogen and oxygen atoms in total. The monoisotopic (exact) mass is 189 g/mol. The summed E-state index contributed by atoms with van der Waals surface area (Å²) >= 11 is 0. The molecule has 4 N–H and O–H groups in total. The van der Waals surface area contributed by atoms with Crippen LogP contribution in [-0.2, 0) is 0 Å². The normalized spacial score (nSPS) is 10.6. The van der Waals surface area contributed by atoms with Gasteiger partial charge in [0.05, 0.1) is 0 Å². The molecule has 0 unspecified atom stereocenters. The number of nitrogens with one attached hydrogen (secondary N) is 2. The van der Waals surface area contributed by atoms with Gasteiger partial charge in [0.15, 0.2) is 0 Å². The Balaban J connectivity index is 2.90. The van der Waals surface area contributed by atoms with Crippen molar-refractivity contribution in [3.05, 3.63) is 41.5 Å². The molecule has 74 valence electrons. The average molecular weight is 189 g/mol. The number of nitrogens with two attached hydrogens (primary N) is 1. The zero-order valence-electron chi connectivity index (χ0n) is 8.25. The van der Waals surface area contributed by atoms with Gasteiger partial charge in [-0.05, 0) is 12.6 Å². The molecule has 0 radical (unpaired) electrons. The largest absolute Gasteiger partial charge is 0.384 e. The standard InChI is InChI=1S/C11H15N3/c1-14-8-4-6-9-5-2-3-7-10(9)11(12)13/h2-7,14H,8H2,1H3,(H3,12,13). The summed E-state index contributed by atoms with van der Waals surface area (Å²) in [5.41, 5.74) is 7.21. The third-order valence-electron chi connectivity index (χ3n) is 1.87. The molecule has 0 spiro atoms. The minimum atomic E-state index is 0.106. The molecule has 0 aromatic heterocycles. The zero-order chi connectivity index (χ0) is 10.4. The van der Waals surface area contributed by atoms with E-state index in [2.05, 4.69) is 5.32 Å². The molecule has 0 amide bonds. The van der Waals surface area contributed by atoms with Gasteiger partial charge in [-0.15, -0.1) is 0 Å². The van der Waals surface area contributed by atoms with Crippen LogP contribution in [0, 0.1) is 5.41 Å². The highest BCUT2D eigenvalue weighted by molar-refractivity contribution is 5.98. The highest BCUT2D eigenvalue weighted by Crippen LogP contribution is 2.09. The lowest BCUT2D eigenvalue weighted by Gasteiger charge is -2.02. The van der Waals surface area contributed by atoms with Crippen molar-refractivity contribution in [2.75, 3.05) is 13.6 Å². The lowest BCUT2D eigenvalue weighted by molar-refractivity contribution is 0.922. The fraction of sp³-hybridized carbons (Fsp3) is 0.182. The lowest BCUT2D eigenvalue weighted by Crippen LogP contribution is -2.12. The summed E-state index contributed by atoms with van der Waals surface area (Å²) in [6.07, 6.45) is 3.97. The molecule has 1 aromatic carbocycles. The quantitative estimate of drug-likeness (QED) is 0.492. The summed E-state index contributed by atoms with van der Waals surface area (Å²) in [6, 6.07) is 7.61. The minimum Gasteiger partial charge on any atom is -0.384 e. The van der Waals surface area contributed by atoms with Gasteiger partial charge in [-0.2, -0.15) is 0 Å². The summed E-state index contributed by atoms with van der Waals surface area (Å²) in [7, 11) is 1.89. The molecule has 1 rings (SSSR count). The molecule has 0 aliphatic rings. The van der Waals surface area contributed by atoms with Crippen molar-refractivity contribution in [2.45, 2.75) is 0 Å². The summed E-state index contributed by atoms with van der Waals surface area (Å²) in [5, 5.41) is 10.4. The van der Waals surface area contributed by atoms with Gasteiger partial charge in [-0.3, -0.25) is 5.41 Å². The van der Waals surface area contributed by atoms with E-state index in [-0.39, 0.29) is 5.84 Å². The predicted octanol–water partition coefficient (Wildman–Crippen LogP) is 1.20. The van der Waals surface area contributed by atoms with Crippen LogP contribution in [0.15, 0.2) is 30.3 Å². The third kappa shape index (κ3) is 2.71. The number of rotatable bonds is 4. The highest BCUT2D eigenvalue weighted by atomic mass is 14.8. The van der Waals surface area contributed by atoms with E-state index in [4.69, 9.17) is 11.1 Å². The Morgan fingerprint density at radius 3 is 2.86 bits per heavy atom. The maximum atomic E-state index is 7.38. The van der Waals surface area contributed by atoms with Crippen molar-refractivity contribution in [3.63, 3.8) is 0 Å². The second kappa shape index (κ2) is 5.19. The predicted molar refractivity (Wildman–Crippen MR) is 60.4 cm³/mol. The van der Waals surface area contributed by atoms with Gasteiger partial charge < -0.3 is 11.1 Å². The van der Waals surface area contributed by atoms with E-state index in [9.17, 15) is 0 Å². The number of nitrogen functional groups attached to an aromatic ring is 1. The Morgan fingerprint density at radius 2 is 2.21 bits per heavy atom. The molecular formula is C11H15N3. The smallest absolute Gasteiger partial charge is 0.123 e. The van der Waals surface area contributed by atoms with Gasteiger partial charge in [0, 0.05) is 12.1 Å². The molecule has 0 aliphatic carbocycles. The van der Waals surface area contributed by atoms with Crippen molar-refractivity contribution in [1.29, 1.82) is 5.41 Å². The van der Waals surface area contributed by atoms with Crippen LogP contribution in [0.3, 0.4) is 0 Å². The van der Waals surface area contributed by atoms with Crippen LogP contribution in [-0.4, -0.2) is 19.4 Å². The number of benzene rings is 1. The maximum absolute atomic E-state index is 7.38. The first-order valence-corrected chi connectivity index (χ1v) is 4.50. The first kappa shape index (κ1) is 10.5. The van der Waals surface area contributed by atoms with E-state index in [1.165, 1.54) is 0 Å². The van der Waals surface area contributed by atoms with Gasteiger partial charge in [-0.1, -0.05) is 36.4 Å². The molecule has 0 bridgehead atoms. The Labute approximate surface area is 84.1 Å². The molecule has 14 heavy (non-hydrogen) atoms. The number of likely N-dealkylation sites (N-methyl/N-ethyl adjacent to an activating group) is 1. The van der Waals surface area contributed by atoms with Crippen LogP contribution in [0.25, 0.3) is 6.08 Å². The average Bonchev–Trinajstić information content (AvgIpc) is 2.19. The minimum absolute atomic E-state index is 0.106. The van der Waals surface area contributed by atoms with Crippen molar-refractivity contribution in [2.24, 2.45) is 5.73 Å². The van der Waals surface area contributed by atoms with Gasteiger partial charge >= 0.3 is 0 Å². The number of amidine groups is 1. The van der Waals surface area contributed by atoms with Crippen LogP contribution in [0.5, 0.6) is 0 Å². The van der Waals surface area contributed by atoms with Crippen LogP contribution >= 0.6 is 0 Å². The molecular weight excluding hydrogens is 174 g/mol. The van der Waals surface area contributed by atoms with Gasteiger partial charge in [0.1, 0.15) is 5.84 Å². The Bertz CT molecular complexity index is 342. The molecule has 0 saturated heterocycles. The van der Waals surface area contributed by atoms with E-state index >= 15 is 0 Å². The summed E-state index contributed by atoms with van der Waals surface area (Å²) < 4.78 is 0. The van der Waals surface area contributed by atoms with Crippen LogP contribution in [0.2, 0.25) is 0 Å². The van der Waals surface area contributed by atoms with E-state index in [1.807, 2.05) is 43.5 Å². The fourth-order valence-electron chi connectivity index (χ4n) is 1.19. The lowest BCUT2D eigenvalue weighted by atomic mass is 10.1. The number of hydrogen-bond acceptors (Lipinski definition) is 2. The number of hydrogen-bond donors (Lipinski definition) is 3. The topological polar surface area (TPSA) is 61.9 Å². The molecule has 0 aliphatic heterocycles. The Morgan fingerprint density at radius 1 is 1.50 bits per heavy atom. The molecule has 0 atom stereocenters. The molecule has 1 aromatic rings. The SMILES string of the molecule is CNCC=Cc1ccccc1C(=N)N. The molecule has 0 heterocycles. The first-order chi connectivity index (χ1) is 6.75. The Hall–Kier alpha value is -1.61. The van der Waals surface area contributed by atoms with Gasteiger partial charge in [0.25, 0.3) is 0 Å². The maximum Gasteiger partial charge on any atom is 0.123 e. The van der Waals surface area contributed by atoms with Crippen molar-refractivity contribution in [3.8, 4) is 0 Å². The molecule has 0 saturated carbocycles. The van der Waals surface area contributed by atoms with Crippen LogP contribution < -0.4 is 11.1 Å². The summed E-state index contributed by atoms with van der Waals surface area (Å²) in [4.78, 5) is 0. The first-order valence-electron chi connectivity index (χ1n) is 4.50. The summed E-state index contributed by atoms with van der Waals surface area (Å²) in [5.74, 6) is 0.106. The van der Waals surface area contributed by atoms with Crippen molar-refractivity contribution >= 4 is 11.9 Å². The third-order valence-corrected chi connectivity index (χ3v) is 1.87. The van der Waals surface area contributed by atoms with E-state index < -0.39 is 0 Å². The van der Waals surface area contributed by atoms with E-state index in [0.29, 0.717) is 0 Å². The highest BCUT2D eigenvalue weighted by Gasteiger charge is 1.99. The van der Waals surface area contributed by atoms with Crippen LogP contribution in [0.4, 0.5) is 0 Å². The fourth-order valence-corrected chi connectivity index (χ4v) is 1.19. The van der Waals surface area contributed by atoms with Crippen molar-refractivity contribution < 1.29 is 0 Å². The van der Waals surface area contributed by atoms with Crippen LogP contribution in [0.1, 0.15) is 11.1 Å². The van der Waals surface area contributed by atoms with Gasteiger partial charge in [0.2, 0.25) is 0 Å². The molecule has 0 fully saturated rings. The van der Waals surface area contributed by atoms with E-state index in [0.717, 1.165) is 17.7 Å². The molecule has 3 heteroatoms. The second-order valence-electron chi connectivity index (χ2n) is 2.96. The Kier molecular flexibility index (Phi) is 3.88. The summed E-state index contributed by atoms with van der Waals surface area (Å²) in [6.45, 7) is 0.812. The van der Waals surface area contributed by atoms with Gasteiger partial charge in [-0.25, -0.2) is 0 Å². The van der Waals surface area contributed by atoms with Crippen molar-refractivity contribution in [1.82, 2.24) is 5.32 Å². The zero-order valence-corrected chi connectivity index (χ0v) is 8.25. The van der Waals surface area contributed by atoms with E-state index in [1.54, 1.807) is 0 Å².